The van der Waals surface area contributed by atoms with Gasteiger partial charge in [0.05, 0.1) is 20.3 Å². The monoisotopic (exact) mass is 264 g/mol. The summed E-state index contributed by atoms with van der Waals surface area (Å²) in [4.78, 5) is 0. The molecule has 0 radical (unpaired) electrons. The first-order valence-electron chi connectivity index (χ1n) is 6.99. The molecule has 3 unspecified atom stereocenters. The molecule has 1 fully saturated rings. The first kappa shape index (κ1) is 14.2. The number of aryl methyl sites for hydroxylation is 1. The van der Waals surface area contributed by atoms with Crippen LogP contribution < -0.4 is 9.47 Å². The number of rotatable bonds is 4. The highest BCUT2D eigenvalue weighted by molar-refractivity contribution is 5.47. The summed E-state index contributed by atoms with van der Waals surface area (Å²) in [5.74, 6) is 2.35. The van der Waals surface area contributed by atoms with Gasteiger partial charge in [0.25, 0.3) is 0 Å². The second kappa shape index (κ2) is 5.83. The summed E-state index contributed by atoms with van der Waals surface area (Å²) >= 11 is 0. The van der Waals surface area contributed by atoms with Gasteiger partial charge in [-0.15, -0.1) is 0 Å². The lowest BCUT2D eigenvalue weighted by Crippen LogP contribution is -2.16. The van der Waals surface area contributed by atoms with E-state index >= 15 is 0 Å². The van der Waals surface area contributed by atoms with Crippen molar-refractivity contribution in [3.8, 4) is 11.5 Å². The second-order valence-corrected chi connectivity index (χ2v) is 5.58. The van der Waals surface area contributed by atoms with Crippen molar-refractivity contribution in [2.75, 3.05) is 14.2 Å². The van der Waals surface area contributed by atoms with Crippen molar-refractivity contribution in [2.24, 2.45) is 11.8 Å². The summed E-state index contributed by atoms with van der Waals surface area (Å²) in [5, 5.41) is 10.7. The van der Waals surface area contributed by atoms with Crippen LogP contribution in [-0.2, 0) is 0 Å². The number of ether oxygens (including phenoxy) is 2. The average Bonchev–Trinajstić information content (AvgIpc) is 2.83. The minimum Gasteiger partial charge on any atom is -0.493 e. The maximum atomic E-state index is 10.7. The van der Waals surface area contributed by atoms with E-state index in [2.05, 4.69) is 6.92 Å². The molecule has 3 nitrogen and oxygen atoms in total. The Hall–Kier alpha value is -1.22. The van der Waals surface area contributed by atoms with Gasteiger partial charge in [0, 0.05) is 0 Å². The molecule has 0 spiro atoms. The SMILES string of the molecule is COc1cc(C)c(C(O)C2CCCC2C)cc1OC. The third-order valence-corrected chi connectivity index (χ3v) is 4.42. The maximum absolute atomic E-state index is 10.7. The van der Waals surface area contributed by atoms with Crippen molar-refractivity contribution in [3.63, 3.8) is 0 Å². The molecule has 1 saturated carbocycles. The molecule has 3 heteroatoms. The van der Waals surface area contributed by atoms with Crippen molar-refractivity contribution in [1.29, 1.82) is 0 Å². The molecule has 0 aromatic heterocycles. The van der Waals surface area contributed by atoms with E-state index in [1.165, 1.54) is 12.8 Å². The van der Waals surface area contributed by atoms with Crippen molar-refractivity contribution in [1.82, 2.24) is 0 Å². The van der Waals surface area contributed by atoms with Crippen molar-refractivity contribution in [3.05, 3.63) is 23.3 Å². The third kappa shape index (κ3) is 2.71. The van der Waals surface area contributed by atoms with E-state index in [0.717, 1.165) is 23.3 Å². The van der Waals surface area contributed by atoms with Gasteiger partial charge in [0.15, 0.2) is 11.5 Å². The molecule has 0 bridgehead atoms. The van der Waals surface area contributed by atoms with E-state index < -0.39 is 6.10 Å². The number of benzene rings is 1. The Bertz CT molecular complexity index is 442. The first-order chi connectivity index (χ1) is 9.08. The molecule has 2 rings (SSSR count). The van der Waals surface area contributed by atoms with E-state index in [1.807, 2.05) is 19.1 Å². The topological polar surface area (TPSA) is 38.7 Å². The third-order valence-electron chi connectivity index (χ3n) is 4.42. The lowest BCUT2D eigenvalue weighted by molar-refractivity contribution is 0.0892. The summed E-state index contributed by atoms with van der Waals surface area (Å²) < 4.78 is 10.6. The van der Waals surface area contributed by atoms with Crippen LogP contribution in [0.5, 0.6) is 11.5 Å². The van der Waals surface area contributed by atoms with Crippen LogP contribution in [0.4, 0.5) is 0 Å². The zero-order valence-corrected chi connectivity index (χ0v) is 12.3. The molecule has 1 aliphatic rings. The van der Waals surface area contributed by atoms with Crippen LogP contribution in [0.3, 0.4) is 0 Å². The van der Waals surface area contributed by atoms with Gasteiger partial charge in [-0.05, 0) is 48.4 Å². The van der Waals surface area contributed by atoms with Gasteiger partial charge in [0.1, 0.15) is 0 Å². The largest absolute Gasteiger partial charge is 0.493 e. The lowest BCUT2D eigenvalue weighted by atomic mass is 9.86. The smallest absolute Gasteiger partial charge is 0.161 e. The van der Waals surface area contributed by atoms with Crippen molar-refractivity contribution in [2.45, 2.75) is 39.2 Å². The summed E-state index contributed by atoms with van der Waals surface area (Å²) in [5.41, 5.74) is 2.03. The summed E-state index contributed by atoms with van der Waals surface area (Å²) in [6, 6.07) is 3.86. The molecule has 1 N–H and O–H groups in total. The Labute approximate surface area is 115 Å². The van der Waals surface area contributed by atoms with Crippen LogP contribution in [0.2, 0.25) is 0 Å². The molecule has 1 aromatic carbocycles. The van der Waals surface area contributed by atoms with Crippen LogP contribution >= 0.6 is 0 Å². The Morgan fingerprint density at radius 2 is 1.79 bits per heavy atom. The number of methoxy groups -OCH3 is 2. The normalized spacial score (nSPS) is 24.3. The molecule has 1 aliphatic carbocycles. The van der Waals surface area contributed by atoms with E-state index in [9.17, 15) is 5.11 Å². The highest BCUT2D eigenvalue weighted by Crippen LogP contribution is 2.42. The van der Waals surface area contributed by atoms with E-state index in [1.54, 1.807) is 14.2 Å². The molecule has 3 atom stereocenters. The van der Waals surface area contributed by atoms with E-state index in [4.69, 9.17) is 9.47 Å². The fourth-order valence-corrected chi connectivity index (χ4v) is 3.19. The number of aliphatic hydroxyl groups is 1. The molecule has 1 aromatic rings. The lowest BCUT2D eigenvalue weighted by Gasteiger charge is -2.25. The first-order valence-corrected chi connectivity index (χ1v) is 6.99. The van der Waals surface area contributed by atoms with Gasteiger partial charge < -0.3 is 14.6 Å². The Balaban J connectivity index is 2.33. The van der Waals surface area contributed by atoms with Crippen molar-refractivity contribution < 1.29 is 14.6 Å². The van der Waals surface area contributed by atoms with Crippen molar-refractivity contribution >= 4 is 0 Å². The minimum absolute atomic E-state index is 0.358. The van der Waals surface area contributed by atoms with Gasteiger partial charge in [-0.1, -0.05) is 19.8 Å². The predicted octanol–water partition coefficient (Wildman–Crippen LogP) is 3.48. The molecule has 106 valence electrons. The number of aliphatic hydroxyl groups excluding tert-OH is 1. The number of hydrogen-bond acceptors (Lipinski definition) is 3. The van der Waals surface area contributed by atoms with Crippen LogP contribution in [0.15, 0.2) is 12.1 Å². The van der Waals surface area contributed by atoms with Gasteiger partial charge in [-0.2, -0.15) is 0 Å². The Morgan fingerprint density at radius 1 is 1.16 bits per heavy atom. The Morgan fingerprint density at radius 3 is 2.32 bits per heavy atom. The molecule has 0 amide bonds. The zero-order chi connectivity index (χ0) is 14.0. The molecular weight excluding hydrogens is 240 g/mol. The van der Waals surface area contributed by atoms with Crippen LogP contribution in [-0.4, -0.2) is 19.3 Å². The predicted molar refractivity (Wildman–Crippen MR) is 75.7 cm³/mol. The van der Waals surface area contributed by atoms with Gasteiger partial charge >= 0.3 is 0 Å². The molecule has 0 heterocycles. The second-order valence-electron chi connectivity index (χ2n) is 5.58. The fourth-order valence-electron chi connectivity index (χ4n) is 3.19. The van der Waals surface area contributed by atoms with E-state index in [0.29, 0.717) is 17.6 Å². The molecule has 0 aliphatic heterocycles. The highest BCUT2D eigenvalue weighted by atomic mass is 16.5. The van der Waals surface area contributed by atoms with E-state index in [-0.39, 0.29) is 0 Å². The minimum atomic E-state index is -0.405. The number of hydrogen-bond donors (Lipinski definition) is 1. The highest BCUT2D eigenvalue weighted by Gasteiger charge is 2.31. The fraction of sp³-hybridized carbons (Fsp3) is 0.625. The molecule has 0 saturated heterocycles. The maximum Gasteiger partial charge on any atom is 0.161 e. The quantitative estimate of drug-likeness (QED) is 0.904. The molecular formula is C16H24O3. The average molecular weight is 264 g/mol. The summed E-state index contributed by atoms with van der Waals surface area (Å²) in [6.07, 6.45) is 3.14. The standard InChI is InChI=1S/C16H24O3/c1-10-6-5-7-12(10)16(17)13-9-15(19-4)14(18-3)8-11(13)2/h8-10,12,16-17H,5-7H2,1-4H3. The summed E-state index contributed by atoms with van der Waals surface area (Å²) in [7, 11) is 3.26. The molecule has 19 heavy (non-hydrogen) atoms. The summed E-state index contributed by atoms with van der Waals surface area (Å²) in [6.45, 7) is 4.25. The van der Waals surface area contributed by atoms with Gasteiger partial charge in [-0.25, -0.2) is 0 Å². The van der Waals surface area contributed by atoms with Crippen LogP contribution in [0.1, 0.15) is 43.4 Å². The van der Waals surface area contributed by atoms with Gasteiger partial charge in [-0.3, -0.25) is 0 Å². The van der Waals surface area contributed by atoms with Crippen LogP contribution in [0.25, 0.3) is 0 Å². The van der Waals surface area contributed by atoms with Crippen LogP contribution in [0, 0.1) is 18.8 Å². The zero-order valence-electron chi connectivity index (χ0n) is 12.3. The van der Waals surface area contributed by atoms with Gasteiger partial charge in [0.2, 0.25) is 0 Å². The Kier molecular flexibility index (Phi) is 4.35.